The average Bonchev–Trinajstić information content (AvgIpc) is 2.73. The number of hydrogen-bond donors (Lipinski definition) is 2. The number of H-pyrrole nitrogens is 1. The fourth-order valence-corrected chi connectivity index (χ4v) is 2.76. The number of para-hydroxylation sites is 1. The zero-order valence-corrected chi connectivity index (χ0v) is 10.4. The summed E-state index contributed by atoms with van der Waals surface area (Å²) >= 11 is 0. The molecule has 1 aliphatic rings. The number of benzene rings is 1. The summed E-state index contributed by atoms with van der Waals surface area (Å²) in [5, 5.41) is 4.92. The maximum atomic E-state index is 3.64. The average molecular weight is 228 g/mol. The van der Waals surface area contributed by atoms with E-state index in [0.717, 1.165) is 5.92 Å². The predicted octanol–water partition coefficient (Wildman–Crippen LogP) is 4.16. The Morgan fingerprint density at radius 1 is 1.35 bits per heavy atom. The molecule has 0 saturated heterocycles. The lowest BCUT2D eigenvalue weighted by Gasteiger charge is -2.29. The molecule has 0 spiro atoms. The molecule has 2 aromatic rings. The molecule has 1 unspecified atom stereocenters. The minimum absolute atomic E-state index is 0.564. The second-order valence-electron chi connectivity index (χ2n) is 5.33. The van der Waals surface area contributed by atoms with E-state index >= 15 is 0 Å². The van der Waals surface area contributed by atoms with Gasteiger partial charge in [-0.3, -0.25) is 0 Å². The molecule has 1 aliphatic carbocycles. The lowest BCUT2D eigenvalue weighted by Crippen LogP contribution is -2.23. The van der Waals surface area contributed by atoms with Crippen LogP contribution in [0.2, 0.25) is 0 Å². The van der Waals surface area contributed by atoms with Gasteiger partial charge in [-0.1, -0.05) is 31.4 Å². The Morgan fingerprint density at radius 2 is 2.24 bits per heavy atom. The van der Waals surface area contributed by atoms with E-state index in [1.807, 2.05) is 6.20 Å². The Kier molecular flexibility index (Phi) is 2.79. The van der Waals surface area contributed by atoms with E-state index in [2.05, 4.69) is 41.5 Å². The van der Waals surface area contributed by atoms with E-state index in [-0.39, 0.29) is 0 Å². The normalized spacial score (nSPS) is 17.9. The van der Waals surface area contributed by atoms with Gasteiger partial charge >= 0.3 is 0 Å². The van der Waals surface area contributed by atoms with Gasteiger partial charge in [0.1, 0.15) is 0 Å². The summed E-state index contributed by atoms with van der Waals surface area (Å²) in [6.45, 7) is 2.29. The Labute approximate surface area is 102 Å². The summed E-state index contributed by atoms with van der Waals surface area (Å²) in [5.74, 6) is 0.959. The smallest absolute Gasteiger partial charge is 0.0689 e. The first-order valence-corrected chi connectivity index (χ1v) is 6.65. The summed E-state index contributed by atoms with van der Waals surface area (Å²) in [5.41, 5.74) is 2.47. The Bertz CT molecular complexity index is 496. The van der Waals surface area contributed by atoms with Crippen LogP contribution in [0, 0.1) is 5.92 Å². The van der Waals surface area contributed by atoms with Crippen molar-refractivity contribution < 1.29 is 0 Å². The number of aromatic nitrogens is 1. The van der Waals surface area contributed by atoms with E-state index in [4.69, 9.17) is 0 Å². The summed E-state index contributed by atoms with van der Waals surface area (Å²) in [7, 11) is 0. The van der Waals surface area contributed by atoms with Gasteiger partial charge in [0, 0.05) is 17.6 Å². The van der Waals surface area contributed by atoms with Crippen LogP contribution in [0.1, 0.15) is 32.6 Å². The number of hydrogen-bond acceptors (Lipinski definition) is 1. The molecular formula is C15H20N2. The molecule has 1 atom stereocenters. The van der Waals surface area contributed by atoms with Crippen LogP contribution in [0.25, 0.3) is 10.9 Å². The van der Waals surface area contributed by atoms with E-state index in [1.54, 1.807) is 0 Å². The topological polar surface area (TPSA) is 27.8 Å². The SMILES string of the molecule is CC(CC1CCC1)Nc1cccc2cc[nH]c12. The first kappa shape index (κ1) is 10.7. The highest BCUT2D eigenvalue weighted by molar-refractivity contribution is 5.90. The van der Waals surface area contributed by atoms with E-state index in [9.17, 15) is 0 Å². The lowest BCUT2D eigenvalue weighted by atomic mass is 9.81. The zero-order chi connectivity index (χ0) is 11.7. The van der Waals surface area contributed by atoms with Gasteiger partial charge in [0.15, 0.2) is 0 Å². The third kappa shape index (κ3) is 2.17. The summed E-state index contributed by atoms with van der Waals surface area (Å²) < 4.78 is 0. The first-order valence-electron chi connectivity index (χ1n) is 6.65. The van der Waals surface area contributed by atoms with Crippen LogP contribution in [-0.4, -0.2) is 11.0 Å². The largest absolute Gasteiger partial charge is 0.381 e. The molecule has 0 aliphatic heterocycles. The number of anilines is 1. The highest BCUT2D eigenvalue weighted by Crippen LogP contribution is 2.31. The molecule has 0 bridgehead atoms. The third-order valence-electron chi connectivity index (χ3n) is 3.90. The molecular weight excluding hydrogens is 208 g/mol. The highest BCUT2D eigenvalue weighted by atomic mass is 14.9. The molecule has 2 heteroatoms. The molecule has 2 N–H and O–H groups in total. The lowest BCUT2D eigenvalue weighted by molar-refractivity contribution is 0.286. The molecule has 1 heterocycles. The molecule has 90 valence electrons. The molecule has 1 aromatic heterocycles. The molecule has 1 aromatic carbocycles. The van der Waals surface area contributed by atoms with Crippen LogP contribution in [0.15, 0.2) is 30.5 Å². The van der Waals surface area contributed by atoms with Crippen molar-refractivity contribution in [3.05, 3.63) is 30.5 Å². The van der Waals surface area contributed by atoms with Crippen molar-refractivity contribution in [2.24, 2.45) is 5.92 Å². The van der Waals surface area contributed by atoms with Crippen molar-refractivity contribution in [3.8, 4) is 0 Å². The van der Waals surface area contributed by atoms with Crippen molar-refractivity contribution >= 4 is 16.6 Å². The summed E-state index contributed by atoms with van der Waals surface area (Å²) in [4.78, 5) is 3.31. The number of rotatable bonds is 4. The second kappa shape index (κ2) is 4.44. The minimum Gasteiger partial charge on any atom is -0.381 e. The quantitative estimate of drug-likeness (QED) is 0.808. The monoisotopic (exact) mass is 228 g/mol. The third-order valence-corrected chi connectivity index (χ3v) is 3.90. The maximum Gasteiger partial charge on any atom is 0.0689 e. The molecule has 2 nitrogen and oxygen atoms in total. The van der Waals surface area contributed by atoms with Gasteiger partial charge in [-0.15, -0.1) is 0 Å². The van der Waals surface area contributed by atoms with Gasteiger partial charge in [-0.25, -0.2) is 0 Å². The van der Waals surface area contributed by atoms with Crippen molar-refractivity contribution in [2.45, 2.75) is 38.6 Å². The molecule has 3 rings (SSSR count). The first-order chi connectivity index (χ1) is 8.33. The number of aromatic amines is 1. The fourth-order valence-electron chi connectivity index (χ4n) is 2.76. The molecule has 17 heavy (non-hydrogen) atoms. The second-order valence-corrected chi connectivity index (χ2v) is 5.33. The molecule has 1 saturated carbocycles. The van der Waals surface area contributed by atoms with Crippen molar-refractivity contribution in [1.82, 2.24) is 4.98 Å². The van der Waals surface area contributed by atoms with E-state index in [0.29, 0.717) is 6.04 Å². The standard InChI is InChI=1S/C15H20N2/c1-11(10-12-4-2-5-12)17-14-7-3-6-13-8-9-16-15(13)14/h3,6-9,11-12,16-17H,2,4-5,10H2,1H3. The minimum atomic E-state index is 0.564. The van der Waals surface area contributed by atoms with Crippen LogP contribution in [0.5, 0.6) is 0 Å². The maximum absolute atomic E-state index is 3.64. The molecule has 0 amide bonds. The van der Waals surface area contributed by atoms with Gasteiger partial charge in [-0.05, 0) is 31.4 Å². The number of nitrogens with one attached hydrogen (secondary N) is 2. The van der Waals surface area contributed by atoms with Crippen LogP contribution >= 0.6 is 0 Å². The van der Waals surface area contributed by atoms with Crippen molar-refractivity contribution in [3.63, 3.8) is 0 Å². The Hall–Kier alpha value is -1.44. The van der Waals surface area contributed by atoms with Crippen molar-refractivity contribution in [1.29, 1.82) is 0 Å². The summed E-state index contributed by atoms with van der Waals surface area (Å²) in [6, 6.07) is 9.12. The Morgan fingerprint density at radius 3 is 3.00 bits per heavy atom. The Balaban J connectivity index is 1.72. The molecule has 1 fully saturated rings. The summed E-state index contributed by atoms with van der Waals surface area (Å²) in [6.07, 6.45) is 7.60. The van der Waals surface area contributed by atoms with Gasteiger partial charge in [0.2, 0.25) is 0 Å². The van der Waals surface area contributed by atoms with Gasteiger partial charge in [-0.2, -0.15) is 0 Å². The van der Waals surface area contributed by atoms with Gasteiger partial charge < -0.3 is 10.3 Å². The van der Waals surface area contributed by atoms with Gasteiger partial charge in [0.05, 0.1) is 11.2 Å². The van der Waals surface area contributed by atoms with E-state index < -0.39 is 0 Å². The highest BCUT2D eigenvalue weighted by Gasteiger charge is 2.20. The predicted molar refractivity (Wildman–Crippen MR) is 73.3 cm³/mol. The number of fused-ring (bicyclic) bond motifs is 1. The van der Waals surface area contributed by atoms with Crippen LogP contribution in [0.4, 0.5) is 5.69 Å². The van der Waals surface area contributed by atoms with Crippen LogP contribution in [-0.2, 0) is 0 Å². The molecule has 0 radical (unpaired) electrons. The van der Waals surface area contributed by atoms with Crippen LogP contribution < -0.4 is 5.32 Å². The van der Waals surface area contributed by atoms with E-state index in [1.165, 1.54) is 42.3 Å². The zero-order valence-electron chi connectivity index (χ0n) is 10.4. The fraction of sp³-hybridized carbons (Fsp3) is 0.467. The van der Waals surface area contributed by atoms with Crippen molar-refractivity contribution in [2.75, 3.05) is 5.32 Å². The van der Waals surface area contributed by atoms with Gasteiger partial charge in [0.25, 0.3) is 0 Å². The van der Waals surface area contributed by atoms with Crippen LogP contribution in [0.3, 0.4) is 0 Å².